The van der Waals surface area contributed by atoms with Crippen LogP contribution in [0.5, 0.6) is 0 Å². The smallest absolute Gasteiger partial charge is 0.0968 e. The second-order valence-corrected chi connectivity index (χ2v) is 5.51. The molecule has 0 spiro atoms. The van der Waals surface area contributed by atoms with E-state index in [2.05, 4.69) is 62.5 Å². The number of nitrogens with one attached hydrogen (secondary N) is 1. The molecule has 1 aromatic carbocycles. The fourth-order valence-electron chi connectivity index (χ4n) is 2.11. The van der Waals surface area contributed by atoms with Crippen molar-refractivity contribution < 1.29 is 0 Å². The summed E-state index contributed by atoms with van der Waals surface area (Å²) >= 11 is 0. The number of nitrogens with zero attached hydrogens (tertiary/aromatic N) is 2. The van der Waals surface area contributed by atoms with Crippen molar-refractivity contribution in [3.63, 3.8) is 0 Å². The number of benzene rings is 1. The predicted molar refractivity (Wildman–Crippen MR) is 80.1 cm³/mol. The number of rotatable bonds is 4. The van der Waals surface area contributed by atoms with Gasteiger partial charge in [-0.15, -0.1) is 0 Å². The Hall–Kier alpha value is -1.61. The van der Waals surface area contributed by atoms with Crippen LogP contribution in [-0.4, -0.2) is 15.8 Å². The molecule has 102 valence electrons. The monoisotopic (exact) mass is 257 g/mol. The molecule has 1 aromatic heterocycles. The van der Waals surface area contributed by atoms with Gasteiger partial charge in [0.15, 0.2) is 0 Å². The molecule has 0 unspecified atom stereocenters. The summed E-state index contributed by atoms with van der Waals surface area (Å²) in [6, 6.07) is 7.02. The van der Waals surface area contributed by atoms with Gasteiger partial charge in [-0.3, -0.25) is 4.68 Å². The van der Waals surface area contributed by atoms with E-state index in [9.17, 15) is 0 Å². The second-order valence-electron chi connectivity index (χ2n) is 5.51. The lowest BCUT2D eigenvalue weighted by molar-refractivity contribution is 0.589. The molecular formula is C16H23N3. The Kier molecular flexibility index (Phi) is 4.05. The summed E-state index contributed by atoms with van der Waals surface area (Å²) in [4.78, 5) is 0. The zero-order chi connectivity index (χ0) is 14.0. The fraction of sp³-hybridized carbons (Fsp3) is 0.438. The van der Waals surface area contributed by atoms with Crippen LogP contribution in [0.15, 0.2) is 24.4 Å². The van der Waals surface area contributed by atoms with E-state index >= 15 is 0 Å². The van der Waals surface area contributed by atoms with Gasteiger partial charge in [0.05, 0.1) is 5.69 Å². The average molecular weight is 257 g/mol. The molecule has 0 aliphatic rings. The zero-order valence-electron chi connectivity index (χ0n) is 12.5. The SMILES string of the molecule is Cc1ccc(-c2nn(C)cc2CNC(C)C)cc1C. The maximum atomic E-state index is 4.61. The Labute approximate surface area is 115 Å². The van der Waals surface area contributed by atoms with Crippen molar-refractivity contribution in [1.29, 1.82) is 0 Å². The summed E-state index contributed by atoms with van der Waals surface area (Å²) in [5.41, 5.74) is 6.16. The Morgan fingerprint density at radius 1 is 1.21 bits per heavy atom. The number of hydrogen-bond acceptors (Lipinski definition) is 2. The highest BCUT2D eigenvalue weighted by molar-refractivity contribution is 5.64. The molecule has 0 atom stereocenters. The lowest BCUT2D eigenvalue weighted by atomic mass is 10.0. The minimum Gasteiger partial charge on any atom is -0.310 e. The first-order chi connectivity index (χ1) is 8.97. The van der Waals surface area contributed by atoms with Crippen LogP contribution in [-0.2, 0) is 13.6 Å². The second kappa shape index (κ2) is 5.57. The molecule has 0 saturated carbocycles. The molecule has 0 fully saturated rings. The fourth-order valence-corrected chi connectivity index (χ4v) is 2.11. The van der Waals surface area contributed by atoms with Gasteiger partial charge in [-0.25, -0.2) is 0 Å². The molecule has 0 amide bonds. The lowest BCUT2D eigenvalue weighted by Gasteiger charge is -2.09. The minimum atomic E-state index is 0.479. The van der Waals surface area contributed by atoms with Gasteiger partial charge < -0.3 is 5.32 Å². The van der Waals surface area contributed by atoms with Crippen molar-refractivity contribution in [3.05, 3.63) is 41.1 Å². The van der Waals surface area contributed by atoms with Gasteiger partial charge in [-0.2, -0.15) is 5.10 Å². The van der Waals surface area contributed by atoms with Crippen LogP contribution in [0.4, 0.5) is 0 Å². The molecule has 3 heteroatoms. The summed E-state index contributed by atoms with van der Waals surface area (Å²) in [5.74, 6) is 0. The molecule has 0 aliphatic carbocycles. The van der Waals surface area contributed by atoms with Crippen molar-refractivity contribution in [2.24, 2.45) is 7.05 Å². The van der Waals surface area contributed by atoms with E-state index < -0.39 is 0 Å². The third-order valence-corrected chi connectivity index (χ3v) is 3.39. The topological polar surface area (TPSA) is 29.9 Å². The van der Waals surface area contributed by atoms with Crippen molar-refractivity contribution >= 4 is 0 Å². The van der Waals surface area contributed by atoms with E-state index in [1.807, 2.05) is 11.7 Å². The van der Waals surface area contributed by atoms with Crippen LogP contribution in [0.3, 0.4) is 0 Å². The Bertz CT molecular complexity index is 567. The van der Waals surface area contributed by atoms with Crippen LogP contribution in [0.2, 0.25) is 0 Å². The lowest BCUT2D eigenvalue weighted by Crippen LogP contribution is -2.21. The molecule has 1 N–H and O–H groups in total. The van der Waals surface area contributed by atoms with E-state index in [1.165, 1.54) is 22.3 Å². The van der Waals surface area contributed by atoms with Crippen molar-refractivity contribution in [2.75, 3.05) is 0 Å². The predicted octanol–water partition coefficient (Wildman–Crippen LogP) is 3.20. The molecule has 0 radical (unpaired) electrons. The molecule has 0 aliphatic heterocycles. The van der Waals surface area contributed by atoms with E-state index in [0.717, 1.165) is 12.2 Å². The van der Waals surface area contributed by atoms with Gasteiger partial charge in [-0.05, 0) is 31.0 Å². The van der Waals surface area contributed by atoms with Crippen molar-refractivity contribution in [2.45, 2.75) is 40.3 Å². The highest BCUT2D eigenvalue weighted by atomic mass is 15.3. The highest BCUT2D eigenvalue weighted by Gasteiger charge is 2.11. The van der Waals surface area contributed by atoms with Crippen LogP contribution in [0.25, 0.3) is 11.3 Å². The van der Waals surface area contributed by atoms with E-state index in [4.69, 9.17) is 0 Å². The molecule has 0 bridgehead atoms. The maximum Gasteiger partial charge on any atom is 0.0968 e. The summed E-state index contributed by atoms with van der Waals surface area (Å²) in [6.07, 6.45) is 2.10. The molecule has 19 heavy (non-hydrogen) atoms. The molecule has 2 rings (SSSR count). The van der Waals surface area contributed by atoms with Crippen LogP contribution < -0.4 is 5.32 Å². The maximum absolute atomic E-state index is 4.61. The van der Waals surface area contributed by atoms with Gasteiger partial charge in [-0.1, -0.05) is 26.0 Å². The van der Waals surface area contributed by atoms with Gasteiger partial charge in [0, 0.05) is 37.0 Å². The van der Waals surface area contributed by atoms with Gasteiger partial charge in [0.1, 0.15) is 0 Å². The zero-order valence-corrected chi connectivity index (χ0v) is 12.5. The number of hydrogen-bond donors (Lipinski definition) is 1. The Morgan fingerprint density at radius 3 is 2.58 bits per heavy atom. The Morgan fingerprint density at radius 2 is 1.95 bits per heavy atom. The molecule has 0 saturated heterocycles. The number of aromatic nitrogens is 2. The van der Waals surface area contributed by atoms with Gasteiger partial charge in [0.25, 0.3) is 0 Å². The van der Waals surface area contributed by atoms with Gasteiger partial charge >= 0.3 is 0 Å². The van der Waals surface area contributed by atoms with Gasteiger partial charge in [0.2, 0.25) is 0 Å². The first kappa shape index (κ1) is 13.8. The van der Waals surface area contributed by atoms with Crippen molar-refractivity contribution in [1.82, 2.24) is 15.1 Å². The minimum absolute atomic E-state index is 0.479. The standard InChI is InChI=1S/C16H23N3/c1-11(2)17-9-15-10-19(5)18-16(15)14-7-6-12(3)13(4)8-14/h6-8,10-11,17H,9H2,1-5H3. The van der Waals surface area contributed by atoms with E-state index in [-0.39, 0.29) is 0 Å². The summed E-state index contributed by atoms with van der Waals surface area (Å²) < 4.78 is 1.89. The van der Waals surface area contributed by atoms with Crippen LogP contribution in [0.1, 0.15) is 30.5 Å². The molecule has 3 nitrogen and oxygen atoms in total. The first-order valence-corrected chi connectivity index (χ1v) is 6.81. The quantitative estimate of drug-likeness (QED) is 0.911. The Balaban J connectivity index is 2.35. The van der Waals surface area contributed by atoms with Crippen LogP contribution >= 0.6 is 0 Å². The summed E-state index contributed by atoms with van der Waals surface area (Å²) in [6.45, 7) is 9.46. The summed E-state index contributed by atoms with van der Waals surface area (Å²) in [5, 5.41) is 8.06. The molecular weight excluding hydrogens is 234 g/mol. The highest BCUT2D eigenvalue weighted by Crippen LogP contribution is 2.24. The van der Waals surface area contributed by atoms with Crippen LogP contribution in [0, 0.1) is 13.8 Å². The van der Waals surface area contributed by atoms with E-state index in [1.54, 1.807) is 0 Å². The first-order valence-electron chi connectivity index (χ1n) is 6.81. The van der Waals surface area contributed by atoms with E-state index in [0.29, 0.717) is 6.04 Å². The third kappa shape index (κ3) is 3.24. The summed E-state index contributed by atoms with van der Waals surface area (Å²) in [7, 11) is 1.98. The number of aryl methyl sites for hydroxylation is 3. The molecule has 2 aromatic rings. The third-order valence-electron chi connectivity index (χ3n) is 3.39. The largest absolute Gasteiger partial charge is 0.310 e. The average Bonchev–Trinajstić information content (AvgIpc) is 2.71. The molecule has 1 heterocycles. The normalized spacial score (nSPS) is 11.3. The van der Waals surface area contributed by atoms with Crippen molar-refractivity contribution in [3.8, 4) is 11.3 Å².